The summed E-state index contributed by atoms with van der Waals surface area (Å²) in [5.74, 6) is 1.18. The summed E-state index contributed by atoms with van der Waals surface area (Å²) in [7, 11) is 0. The van der Waals surface area contributed by atoms with Crippen LogP contribution in [0.15, 0.2) is 48.5 Å². The second-order valence-corrected chi connectivity index (χ2v) is 7.09. The van der Waals surface area contributed by atoms with Crippen molar-refractivity contribution in [2.24, 2.45) is 5.73 Å². The van der Waals surface area contributed by atoms with Crippen LogP contribution in [0.25, 0.3) is 0 Å². The molecule has 148 valence electrons. The van der Waals surface area contributed by atoms with Gasteiger partial charge in [0.05, 0.1) is 12.1 Å². The zero-order valence-corrected chi connectivity index (χ0v) is 17.1. The lowest BCUT2D eigenvalue weighted by Crippen LogP contribution is -2.41. The number of nitrogens with one attached hydrogen (secondary N) is 1. The second-order valence-electron chi connectivity index (χ2n) is 6.10. The molecular formula is C20H26ClFN2O2S. The zero-order chi connectivity index (χ0) is 18.9. The number of hydrogen-bond donors (Lipinski definition) is 2. The van der Waals surface area contributed by atoms with Crippen molar-refractivity contribution >= 4 is 30.1 Å². The number of benzene rings is 2. The van der Waals surface area contributed by atoms with Crippen molar-refractivity contribution in [3.63, 3.8) is 0 Å². The predicted octanol–water partition coefficient (Wildman–Crippen LogP) is 4.08. The Labute approximate surface area is 170 Å². The Bertz CT molecular complexity index is 698. The summed E-state index contributed by atoms with van der Waals surface area (Å²) in [6.45, 7) is 2.30. The van der Waals surface area contributed by atoms with Gasteiger partial charge < -0.3 is 15.8 Å². The van der Waals surface area contributed by atoms with Gasteiger partial charge in [-0.05, 0) is 60.7 Å². The topological polar surface area (TPSA) is 64.4 Å². The van der Waals surface area contributed by atoms with Crippen LogP contribution in [-0.2, 0) is 11.4 Å². The average molecular weight is 413 g/mol. The maximum absolute atomic E-state index is 12.9. The maximum Gasteiger partial charge on any atom is 0.237 e. The van der Waals surface area contributed by atoms with Crippen LogP contribution in [0.1, 0.15) is 30.5 Å². The number of thioether (sulfide) groups is 1. The van der Waals surface area contributed by atoms with Gasteiger partial charge in [-0.2, -0.15) is 11.8 Å². The van der Waals surface area contributed by atoms with E-state index < -0.39 is 6.04 Å². The summed E-state index contributed by atoms with van der Waals surface area (Å²) in [4.78, 5) is 12.1. The van der Waals surface area contributed by atoms with E-state index in [-0.39, 0.29) is 30.2 Å². The number of ether oxygens (including phenoxy) is 1. The summed E-state index contributed by atoms with van der Waals surface area (Å²) in [6, 6.07) is 13.1. The van der Waals surface area contributed by atoms with E-state index in [2.05, 4.69) is 5.32 Å². The van der Waals surface area contributed by atoms with Gasteiger partial charge >= 0.3 is 0 Å². The average Bonchev–Trinajstić information content (AvgIpc) is 2.66. The van der Waals surface area contributed by atoms with Crippen molar-refractivity contribution < 1.29 is 13.9 Å². The van der Waals surface area contributed by atoms with E-state index in [1.807, 2.05) is 37.4 Å². The van der Waals surface area contributed by atoms with Crippen molar-refractivity contribution in [1.82, 2.24) is 5.32 Å². The van der Waals surface area contributed by atoms with Gasteiger partial charge in [0.1, 0.15) is 18.2 Å². The largest absolute Gasteiger partial charge is 0.489 e. The Morgan fingerprint density at radius 1 is 1.19 bits per heavy atom. The monoisotopic (exact) mass is 412 g/mol. The number of hydrogen-bond acceptors (Lipinski definition) is 4. The number of halogens is 2. The molecule has 0 radical (unpaired) electrons. The minimum absolute atomic E-state index is 0. The first kappa shape index (κ1) is 23.3. The molecule has 2 rings (SSSR count). The first-order valence-corrected chi connectivity index (χ1v) is 9.91. The summed E-state index contributed by atoms with van der Waals surface area (Å²) in [6.07, 6.45) is 2.66. The Morgan fingerprint density at radius 3 is 2.41 bits per heavy atom. The third-order valence-corrected chi connectivity index (χ3v) is 4.67. The normalized spacial score (nSPS) is 12.6. The van der Waals surface area contributed by atoms with Crippen LogP contribution in [-0.4, -0.2) is 24.0 Å². The number of carbonyl (C=O) groups excluding carboxylic acids is 1. The fourth-order valence-electron chi connectivity index (χ4n) is 2.38. The zero-order valence-electron chi connectivity index (χ0n) is 15.5. The van der Waals surface area contributed by atoms with E-state index in [0.29, 0.717) is 18.8 Å². The smallest absolute Gasteiger partial charge is 0.237 e. The van der Waals surface area contributed by atoms with Gasteiger partial charge in [-0.3, -0.25) is 4.79 Å². The minimum Gasteiger partial charge on any atom is -0.489 e. The molecule has 2 aromatic rings. The molecule has 27 heavy (non-hydrogen) atoms. The molecule has 0 aliphatic heterocycles. The molecule has 2 atom stereocenters. The molecule has 0 aliphatic rings. The summed E-state index contributed by atoms with van der Waals surface area (Å²) >= 11 is 1.68. The van der Waals surface area contributed by atoms with E-state index in [4.69, 9.17) is 10.5 Å². The highest BCUT2D eigenvalue weighted by molar-refractivity contribution is 7.98. The van der Waals surface area contributed by atoms with Crippen molar-refractivity contribution in [2.45, 2.75) is 32.0 Å². The molecule has 0 spiro atoms. The first-order chi connectivity index (χ1) is 12.5. The lowest BCUT2D eigenvalue weighted by atomic mass is 10.1. The predicted molar refractivity (Wildman–Crippen MR) is 112 cm³/mol. The molecule has 3 N–H and O–H groups in total. The lowest BCUT2D eigenvalue weighted by Gasteiger charge is -2.18. The van der Waals surface area contributed by atoms with Crippen molar-refractivity contribution in [2.75, 3.05) is 12.0 Å². The summed E-state index contributed by atoms with van der Waals surface area (Å²) in [5.41, 5.74) is 7.76. The quantitative estimate of drug-likeness (QED) is 0.651. The molecule has 0 aliphatic carbocycles. The highest BCUT2D eigenvalue weighted by Crippen LogP contribution is 2.19. The Morgan fingerprint density at radius 2 is 1.81 bits per heavy atom. The van der Waals surface area contributed by atoms with E-state index in [0.717, 1.165) is 16.9 Å². The molecule has 4 nitrogen and oxygen atoms in total. The van der Waals surface area contributed by atoms with Crippen molar-refractivity contribution in [3.05, 3.63) is 65.5 Å². The molecule has 0 saturated heterocycles. The number of amides is 1. The van der Waals surface area contributed by atoms with Crippen LogP contribution in [0.4, 0.5) is 4.39 Å². The van der Waals surface area contributed by atoms with Crippen LogP contribution in [0.2, 0.25) is 0 Å². The van der Waals surface area contributed by atoms with Gasteiger partial charge in [-0.15, -0.1) is 12.4 Å². The van der Waals surface area contributed by atoms with E-state index in [9.17, 15) is 9.18 Å². The number of rotatable bonds is 9. The Hall–Kier alpha value is -1.76. The van der Waals surface area contributed by atoms with E-state index in [1.54, 1.807) is 23.9 Å². The van der Waals surface area contributed by atoms with Gasteiger partial charge in [-0.25, -0.2) is 4.39 Å². The fourth-order valence-corrected chi connectivity index (χ4v) is 2.87. The van der Waals surface area contributed by atoms with Crippen LogP contribution in [0, 0.1) is 5.82 Å². The number of carbonyl (C=O) groups is 1. The molecule has 2 aromatic carbocycles. The lowest BCUT2D eigenvalue weighted by molar-refractivity contribution is -0.123. The molecule has 0 fully saturated rings. The molecule has 0 bridgehead atoms. The third kappa shape index (κ3) is 7.79. The SMILES string of the molecule is CSCC[C@H](N)C(=O)NC(C)c1ccc(OCc2ccc(F)cc2)cc1.Cl. The second kappa shape index (κ2) is 11.8. The minimum atomic E-state index is -0.483. The van der Waals surface area contributed by atoms with Gasteiger partial charge in [0.15, 0.2) is 0 Å². The Balaban J connectivity index is 0.00000364. The molecule has 1 unspecified atom stereocenters. The molecule has 7 heteroatoms. The Kier molecular flexibility index (Phi) is 10.2. The van der Waals surface area contributed by atoms with E-state index in [1.165, 1.54) is 12.1 Å². The van der Waals surface area contributed by atoms with Gasteiger partial charge in [0.25, 0.3) is 0 Å². The molecular weight excluding hydrogens is 387 g/mol. The highest BCUT2D eigenvalue weighted by Gasteiger charge is 2.16. The van der Waals surface area contributed by atoms with Gasteiger partial charge in [0, 0.05) is 0 Å². The molecule has 0 saturated carbocycles. The first-order valence-electron chi connectivity index (χ1n) is 8.51. The summed E-state index contributed by atoms with van der Waals surface area (Å²) < 4.78 is 18.6. The maximum atomic E-state index is 12.9. The van der Waals surface area contributed by atoms with Crippen molar-refractivity contribution in [1.29, 1.82) is 0 Å². The summed E-state index contributed by atoms with van der Waals surface area (Å²) in [5, 5.41) is 2.94. The van der Waals surface area contributed by atoms with Crippen LogP contribution < -0.4 is 15.8 Å². The molecule has 1 amide bonds. The fraction of sp³-hybridized carbons (Fsp3) is 0.350. The van der Waals surface area contributed by atoms with Gasteiger partial charge in [0.2, 0.25) is 5.91 Å². The van der Waals surface area contributed by atoms with Crippen LogP contribution in [0.3, 0.4) is 0 Å². The highest BCUT2D eigenvalue weighted by atomic mass is 35.5. The standard InChI is InChI=1S/C20H25FN2O2S.ClH/c1-14(23-20(24)19(22)11-12-26-2)16-5-9-18(10-6-16)25-13-15-3-7-17(21)8-4-15;/h3-10,14,19H,11-13,22H2,1-2H3,(H,23,24);1H/t14?,19-;/m0./s1. The molecule has 0 aromatic heterocycles. The van der Waals surface area contributed by atoms with Crippen LogP contribution >= 0.6 is 24.2 Å². The van der Waals surface area contributed by atoms with E-state index >= 15 is 0 Å². The molecule has 0 heterocycles. The van der Waals surface area contributed by atoms with Gasteiger partial charge in [-0.1, -0.05) is 24.3 Å². The number of nitrogens with two attached hydrogens (primary N) is 1. The van der Waals surface area contributed by atoms with Crippen LogP contribution in [0.5, 0.6) is 5.75 Å². The third-order valence-electron chi connectivity index (χ3n) is 4.03. The van der Waals surface area contributed by atoms with Crippen molar-refractivity contribution in [3.8, 4) is 5.75 Å².